The number of esters is 2. The minimum absolute atomic E-state index is 0.0134. The van der Waals surface area contributed by atoms with Crippen molar-refractivity contribution >= 4 is 35.7 Å². The minimum atomic E-state index is -1.22. The zero-order valence-electron chi connectivity index (χ0n) is 31.6. The molecule has 3 aromatic heterocycles. The molecule has 2 amide bonds. The van der Waals surface area contributed by atoms with Crippen molar-refractivity contribution in [1.29, 1.82) is 10.5 Å². The van der Waals surface area contributed by atoms with Crippen molar-refractivity contribution in [3.63, 3.8) is 0 Å². The number of hydrogen-bond donors (Lipinski definition) is 4. The highest BCUT2D eigenvalue weighted by molar-refractivity contribution is 5.96. The van der Waals surface area contributed by atoms with E-state index in [1.807, 2.05) is 24.3 Å². The van der Waals surface area contributed by atoms with E-state index in [9.17, 15) is 28.8 Å². The normalized spacial score (nSPS) is 14.1. The zero-order valence-corrected chi connectivity index (χ0v) is 31.6. The lowest BCUT2D eigenvalue weighted by Gasteiger charge is -2.14. The number of nitrogens with one attached hydrogen (secondary N) is 2. The number of amides is 2. The molecule has 20 heteroatoms. The number of nitriles is 2. The fourth-order valence-corrected chi connectivity index (χ4v) is 6.12. The van der Waals surface area contributed by atoms with Gasteiger partial charge in [0.25, 0.3) is 11.8 Å². The molecule has 0 radical (unpaired) electrons. The van der Waals surface area contributed by atoms with E-state index in [-0.39, 0.29) is 52.2 Å². The Morgan fingerprint density at radius 2 is 0.917 bits per heavy atom. The summed E-state index contributed by atoms with van der Waals surface area (Å²) < 4.78 is 8.93. The molecular formula is C40H32N10O10. The molecule has 0 saturated heterocycles. The predicted molar refractivity (Wildman–Crippen MR) is 202 cm³/mol. The second-order valence-electron chi connectivity index (χ2n) is 12.6. The third-order valence-electron chi connectivity index (χ3n) is 9.00. The highest BCUT2D eigenvalue weighted by atomic mass is 16.5. The van der Waals surface area contributed by atoms with Crippen LogP contribution in [0.25, 0.3) is 0 Å². The number of aromatic carboxylic acids is 2. The average Bonchev–Trinajstić information content (AvgIpc) is 3.88. The Kier molecular flexibility index (Phi) is 13.9. The van der Waals surface area contributed by atoms with Gasteiger partial charge in [-0.2, -0.15) is 10.5 Å². The van der Waals surface area contributed by atoms with Gasteiger partial charge in [-0.15, -0.1) is 0 Å². The Hall–Kier alpha value is -8.52. The Morgan fingerprint density at radius 1 is 0.567 bits per heavy atom. The van der Waals surface area contributed by atoms with E-state index in [4.69, 9.17) is 20.7 Å². The van der Waals surface area contributed by atoms with Crippen LogP contribution in [0, 0.1) is 22.7 Å². The van der Waals surface area contributed by atoms with Crippen LogP contribution in [0.1, 0.15) is 121 Å². The predicted octanol–water partition coefficient (Wildman–Crippen LogP) is 2.98. The number of fused-ring (bicyclic) bond motifs is 2. The van der Waals surface area contributed by atoms with Crippen molar-refractivity contribution in [3.8, 4) is 12.1 Å². The van der Waals surface area contributed by atoms with Gasteiger partial charge in [0.05, 0.1) is 49.6 Å². The molecule has 0 fully saturated rings. The van der Waals surface area contributed by atoms with Crippen LogP contribution in [0.15, 0.2) is 73.6 Å². The van der Waals surface area contributed by atoms with Gasteiger partial charge in [-0.1, -0.05) is 12.1 Å². The number of carbonyl (C=O) groups excluding carboxylic acids is 4. The van der Waals surface area contributed by atoms with Gasteiger partial charge >= 0.3 is 23.9 Å². The first-order chi connectivity index (χ1) is 28.8. The molecule has 0 aliphatic heterocycles. The molecule has 302 valence electrons. The second-order valence-corrected chi connectivity index (χ2v) is 12.6. The SMILES string of the molecule is COC(=O)c1cc(C(=O)N[C@H]2CCc3cc(C#N)ccc32)ncn1.COC(=O)c1cc(C(=O)O)ncn1.N#Cc1ccc2c(c1)CC[C@@H]2NC(=O)c1cc(C(=O)O)ncn1. The number of rotatable bonds is 8. The lowest BCUT2D eigenvalue weighted by atomic mass is 10.1. The Labute approximate surface area is 339 Å². The number of aryl methyl sites for hydroxylation is 2. The quantitative estimate of drug-likeness (QED) is 0.164. The lowest BCUT2D eigenvalue weighted by molar-refractivity contribution is 0.0584. The maximum absolute atomic E-state index is 12.4. The molecular weight excluding hydrogens is 780 g/mol. The molecule has 2 aliphatic carbocycles. The molecule has 2 aliphatic rings. The molecule has 5 aromatic rings. The third kappa shape index (κ3) is 10.5. The highest BCUT2D eigenvalue weighted by Gasteiger charge is 2.27. The molecule has 0 saturated carbocycles. The van der Waals surface area contributed by atoms with Gasteiger partial charge in [-0.3, -0.25) is 9.59 Å². The minimum Gasteiger partial charge on any atom is -0.477 e. The number of hydrogen-bond acceptors (Lipinski definition) is 16. The first-order valence-corrected chi connectivity index (χ1v) is 17.6. The van der Waals surface area contributed by atoms with Gasteiger partial charge in [0.15, 0.2) is 22.8 Å². The number of aromatic nitrogens is 6. The molecule has 7 rings (SSSR count). The van der Waals surface area contributed by atoms with Crippen LogP contribution in [-0.4, -0.2) is 90.0 Å². The number of carbonyl (C=O) groups is 6. The van der Waals surface area contributed by atoms with Gasteiger partial charge in [-0.25, -0.2) is 49.1 Å². The molecule has 2 atom stereocenters. The summed E-state index contributed by atoms with van der Waals surface area (Å²) in [7, 11) is 2.43. The van der Waals surface area contributed by atoms with E-state index in [1.54, 1.807) is 12.1 Å². The number of carboxylic acids is 2. The Balaban J connectivity index is 0.000000179. The molecule has 3 heterocycles. The number of benzene rings is 2. The number of methoxy groups -OCH3 is 2. The van der Waals surface area contributed by atoms with Crippen molar-refractivity contribution < 1.29 is 48.5 Å². The monoisotopic (exact) mass is 812 g/mol. The number of carboxylic acid groups (broad SMARTS) is 2. The van der Waals surface area contributed by atoms with Crippen LogP contribution in [0.4, 0.5) is 0 Å². The van der Waals surface area contributed by atoms with Crippen LogP contribution in [0.5, 0.6) is 0 Å². The smallest absolute Gasteiger partial charge is 0.356 e. The van der Waals surface area contributed by atoms with Crippen molar-refractivity contribution in [2.75, 3.05) is 14.2 Å². The van der Waals surface area contributed by atoms with Crippen LogP contribution in [0.3, 0.4) is 0 Å². The molecule has 4 N–H and O–H groups in total. The third-order valence-corrected chi connectivity index (χ3v) is 9.00. The van der Waals surface area contributed by atoms with Crippen molar-refractivity contribution in [2.24, 2.45) is 0 Å². The summed E-state index contributed by atoms with van der Waals surface area (Å²) >= 11 is 0. The summed E-state index contributed by atoms with van der Waals surface area (Å²) in [6.45, 7) is 0. The molecule has 60 heavy (non-hydrogen) atoms. The summed E-state index contributed by atoms with van der Waals surface area (Å²) in [5.74, 6) is -4.57. The van der Waals surface area contributed by atoms with Crippen molar-refractivity contribution in [2.45, 2.75) is 37.8 Å². The van der Waals surface area contributed by atoms with E-state index >= 15 is 0 Å². The fourth-order valence-electron chi connectivity index (χ4n) is 6.12. The van der Waals surface area contributed by atoms with Crippen molar-refractivity contribution in [3.05, 3.63) is 141 Å². The first kappa shape index (κ1) is 42.6. The van der Waals surface area contributed by atoms with Crippen molar-refractivity contribution in [1.82, 2.24) is 40.5 Å². The average molecular weight is 813 g/mol. The number of ether oxygens (including phenoxy) is 2. The van der Waals surface area contributed by atoms with E-state index in [0.29, 0.717) is 11.1 Å². The van der Waals surface area contributed by atoms with Gasteiger partial charge in [0, 0.05) is 18.2 Å². The Bertz CT molecular complexity index is 2590. The van der Waals surface area contributed by atoms with Crippen LogP contribution in [0.2, 0.25) is 0 Å². The van der Waals surface area contributed by atoms with E-state index in [0.717, 1.165) is 79.1 Å². The fraction of sp³-hybridized carbons (Fsp3) is 0.200. The topological polar surface area (TPSA) is 310 Å². The van der Waals surface area contributed by atoms with Gasteiger partial charge in [-0.05, 0) is 72.2 Å². The Morgan fingerprint density at radius 3 is 1.28 bits per heavy atom. The summed E-state index contributed by atoms with van der Waals surface area (Å²) in [4.78, 5) is 90.4. The number of nitrogens with zero attached hydrogens (tertiary/aromatic N) is 8. The standard InChI is InChI=1S/C17H14N4O3.C16H12N4O3.C7H6N2O4/c1-24-17(23)15-7-14(19-9-20-15)16(22)21-13-5-3-11-6-10(8-18)2-4-12(11)13;17-7-9-1-3-11-10(5-9)2-4-12(11)20-15(21)13-6-14(16(22)23)19-8-18-13;1-13-7(12)5-2-4(6(10)11)8-3-9-5/h2,4,6-7,9,13H,3,5H2,1H3,(H,21,22);1,3,5-6,8,12H,2,4H2,(H,20,21)(H,22,23);2-3H,1H3,(H,10,11)/t13-;12-;/m00./s1. The maximum Gasteiger partial charge on any atom is 0.356 e. The summed E-state index contributed by atoms with van der Waals surface area (Å²) in [5, 5.41) is 41.1. The van der Waals surface area contributed by atoms with Crippen LogP contribution < -0.4 is 10.6 Å². The van der Waals surface area contributed by atoms with E-state index < -0.39 is 29.8 Å². The highest BCUT2D eigenvalue weighted by Crippen LogP contribution is 2.33. The second kappa shape index (κ2) is 19.6. The maximum atomic E-state index is 12.4. The van der Waals surface area contributed by atoms with Gasteiger partial charge < -0.3 is 30.3 Å². The van der Waals surface area contributed by atoms with E-state index in [2.05, 4.69) is 62.1 Å². The van der Waals surface area contributed by atoms with Gasteiger partial charge in [0.1, 0.15) is 30.4 Å². The van der Waals surface area contributed by atoms with E-state index in [1.165, 1.54) is 20.3 Å². The molecule has 2 aromatic carbocycles. The zero-order chi connectivity index (χ0) is 43.3. The summed E-state index contributed by atoms with van der Waals surface area (Å²) in [6.07, 6.45) is 6.27. The molecule has 0 bridgehead atoms. The first-order valence-electron chi connectivity index (χ1n) is 17.6. The summed E-state index contributed by atoms with van der Waals surface area (Å²) in [5.41, 5.74) is 4.91. The lowest BCUT2D eigenvalue weighted by Crippen LogP contribution is -2.28. The van der Waals surface area contributed by atoms with Crippen LogP contribution in [-0.2, 0) is 22.3 Å². The summed E-state index contributed by atoms with van der Waals surface area (Å²) in [6, 6.07) is 18.2. The largest absolute Gasteiger partial charge is 0.477 e. The molecule has 20 nitrogen and oxygen atoms in total. The van der Waals surface area contributed by atoms with Gasteiger partial charge in [0.2, 0.25) is 0 Å². The van der Waals surface area contributed by atoms with Crippen LogP contribution >= 0.6 is 0 Å². The molecule has 0 unspecified atom stereocenters. The molecule has 0 spiro atoms.